The van der Waals surface area contributed by atoms with E-state index in [9.17, 15) is 8.78 Å². The molecule has 88 valence electrons. The monoisotopic (exact) mass is 236 g/mol. The van der Waals surface area contributed by atoms with Gasteiger partial charge >= 0.3 is 0 Å². The molecule has 0 spiro atoms. The highest BCUT2D eigenvalue weighted by molar-refractivity contribution is 5.71. The Morgan fingerprint density at radius 2 is 1.94 bits per heavy atom. The third-order valence-corrected chi connectivity index (χ3v) is 2.85. The fourth-order valence-electron chi connectivity index (χ4n) is 1.81. The molecule has 0 aliphatic heterocycles. The van der Waals surface area contributed by atoms with Crippen LogP contribution in [0.15, 0.2) is 18.5 Å². The molecule has 17 heavy (non-hydrogen) atoms. The SMILES string of the molecule is Nc1cc(F)c(F)cc1-c1nncn1C1CC1. The lowest BCUT2D eigenvalue weighted by molar-refractivity contribution is 0.509. The standard InChI is InChI=1S/C11H10F2N4/c12-8-3-7(10(14)4-9(8)13)11-16-15-5-17(11)6-1-2-6/h3-6H,1-2,14H2. The summed E-state index contributed by atoms with van der Waals surface area (Å²) in [5.74, 6) is -1.40. The number of nitrogens with zero attached hydrogens (tertiary/aromatic N) is 3. The molecule has 0 radical (unpaired) electrons. The van der Waals surface area contributed by atoms with E-state index in [1.54, 1.807) is 6.33 Å². The van der Waals surface area contributed by atoms with Crippen LogP contribution in [-0.2, 0) is 0 Å². The highest BCUT2D eigenvalue weighted by Gasteiger charge is 2.27. The van der Waals surface area contributed by atoms with Gasteiger partial charge in [0, 0.05) is 23.4 Å². The van der Waals surface area contributed by atoms with Crippen LogP contribution in [0.3, 0.4) is 0 Å². The van der Waals surface area contributed by atoms with Gasteiger partial charge in [-0.2, -0.15) is 0 Å². The van der Waals surface area contributed by atoms with Crippen LogP contribution in [-0.4, -0.2) is 14.8 Å². The average Bonchev–Trinajstić information content (AvgIpc) is 3.02. The van der Waals surface area contributed by atoms with Crippen LogP contribution in [0, 0.1) is 11.6 Å². The van der Waals surface area contributed by atoms with Crippen molar-refractivity contribution in [3.63, 3.8) is 0 Å². The largest absolute Gasteiger partial charge is 0.398 e. The second-order valence-corrected chi connectivity index (χ2v) is 4.15. The number of benzene rings is 1. The van der Waals surface area contributed by atoms with Crippen molar-refractivity contribution in [3.05, 3.63) is 30.1 Å². The highest BCUT2D eigenvalue weighted by atomic mass is 19.2. The fourth-order valence-corrected chi connectivity index (χ4v) is 1.81. The van der Waals surface area contributed by atoms with Gasteiger partial charge in [-0.25, -0.2) is 8.78 Å². The van der Waals surface area contributed by atoms with E-state index in [0.29, 0.717) is 17.4 Å². The number of halogens is 2. The first kappa shape index (κ1) is 10.2. The molecule has 3 rings (SSSR count). The zero-order chi connectivity index (χ0) is 12.0. The van der Waals surface area contributed by atoms with Crippen LogP contribution in [0.5, 0.6) is 0 Å². The number of anilines is 1. The molecule has 1 aliphatic rings. The van der Waals surface area contributed by atoms with E-state index in [2.05, 4.69) is 10.2 Å². The summed E-state index contributed by atoms with van der Waals surface area (Å²) in [7, 11) is 0. The smallest absolute Gasteiger partial charge is 0.166 e. The van der Waals surface area contributed by atoms with Crippen molar-refractivity contribution in [1.29, 1.82) is 0 Å². The van der Waals surface area contributed by atoms with E-state index in [1.807, 2.05) is 4.57 Å². The van der Waals surface area contributed by atoms with Crippen molar-refractivity contribution in [3.8, 4) is 11.4 Å². The molecule has 2 aromatic rings. The molecule has 2 N–H and O–H groups in total. The van der Waals surface area contributed by atoms with Gasteiger partial charge in [-0.05, 0) is 18.9 Å². The topological polar surface area (TPSA) is 56.7 Å². The van der Waals surface area contributed by atoms with E-state index in [4.69, 9.17) is 5.73 Å². The molecule has 1 aromatic heterocycles. The Hall–Kier alpha value is -1.98. The Morgan fingerprint density at radius 3 is 2.65 bits per heavy atom. The van der Waals surface area contributed by atoms with Gasteiger partial charge in [0.1, 0.15) is 6.33 Å². The van der Waals surface area contributed by atoms with Gasteiger partial charge in [-0.15, -0.1) is 10.2 Å². The minimum atomic E-state index is -0.955. The molecule has 1 aliphatic carbocycles. The zero-order valence-corrected chi connectivity index (χ0v) is 8.90. The lowest BCUT2D eigenvalue weighted by Crippen LogP contribution is -2.01. The first-order chi connectivity index (χ1) is 8.16. The van der Waals surface area contributed by atoms with Gasteiger partial charge in [-0.3, -0.25) is 0 Å². The Bertz CT molecular complexity index is 575. The molecule has 6 heteroatoms. The van der Waals surface area contributed by atoms with E-state index in [1.165, 1.54) is 0 Å². The normalized spacial score (nSPS) is 15.2. The molecule has 0 saturated heterocycles. The summed E-state index contributed by atoms with van der Waals surface area (Å²) in [5, 5.41) is 7.72. The lowest BCUT2D eigenvalue weighted by atomic mass is 10.1. The number of nitrogen functional groups attached to an aromatic ring is 1. The minimum absolute atomic E-state index is 0.166. The maximum atomic E-state index is 13.2. The lowest BCUT2D eigenvalue weighted by Gasteiger charge is -2.07. The van der Waals surface area contributed by atoms with Crippen molar-refractivity contribution >= 4 is 5.69 Å². The summed E-state index contributed by atoms with van der Waals surface area (Å²) >= 11 is 0. The van der Waals surface area contributed by atoms with Crippen molar-refractivity contribution in [2.45, 2.75) is 18.9 Å². The van der Waals surface area contributed by atoms with Crippen LogP contribution in [0.2, 0.25) is 0 Å². The number of hydrogen-bond donors (Lipinski definition) is 1. The van der Waals surface area contributed by atoms with Crippen LogP contribution >= 0.6 is 0 Å². The Balaban J connectivity index is 2.14. The number of nitrogens with two attached hydrogens (primary N) is 1. The number of rotatable bonds is 2. The number of aromatic nitrogens is 3. The zero-order valence-electron chi connectivity index (χ0n) is 8.90. The van der Waals surface area contributed by atoms with Gasteiger partial charge in [-0.1, -0.05) is 0 Å². The Labute approximate surface area is 96.1 Å². The highest BCUT2D eigenvalue weighted by Crippen LogP contribution is 2.38. The van der Waals surface area contributed by atoms with Crippen molar-refractivity contribution in [1.82, 2.24) is 14.8 Å². The predicted molar refractivity (Wildman–Crippen MR) is 58.1 cm³/mol. The third kappa shape index (κ3) is 1.65. The minimum Gasteiger partial charge on any atom is -0.398 e. The summed E-state index contributed by atoms with van der Waals surface area (Å²) in [6.45, 7) is 0. The summed E-state index contributed by atoms with van der Waals surface area (Å²) < 4.78 is 28.0. The second-order valence-electron chi connectivity index (χ2n) is 4.15. The summed E-state index contributed by atoms with van der Waals surface area (Å²) in [4.78, 5) is 0. The molecule has 0 amide bonds. The molecular weight excluding hydrogens is 226 g/mol. The van der Waals surface area contributed by atoms with Gasteiger partial charge in [0.05, 0.1) is 0 Å². The number of hydrogen-bond acceptors (Lipinski definition) is 3. The molecular formula is C11H10F2N4. The van der Waals surface area contributed by atoms with E-state index in [-0.39, 0.29) is 5.69 Å². The molecule has 0 atom stereocenters. The van der Waals surface area contributed by atoms with Gasteiger partial charge < -0.3 is 10.3 Å². The molecule has 4 nitrogen and oxygen atoms in total. The Morgan fingerprint density at radius 1 is 1.24 bits per heavy atom. The summed E-state index contributed by atoms with van der Waals surface area (Å²) in [5.41, 5.74) is 6.23. The molecule has 0 unspecified atom stereocenters. The molecule has 1 heterocycles. The molecule has 0 bridgehead atoms. The second kappa shape index (κ2) is 3.51. The van der Waals surface area contributed by atoms with Crippen LogP contribution in [0.4, 0.5) is 14.5 Å². The molecule has 1 aromatic carbocycles. The van der Waals surface area contributed by atoms with Crippen molar-refractivity contribution in [2.24, 2.45) is 0 Å². The summed E-state index contributed by atoms with van der Waals surface area (Å²) in [6.07, 6.45) is 3.69. The average molecular weight is 236 g/mol. The molecule has 1 fully saturated rings. The first-order valence-corrected chi connectivity index (χ1v) is 5.31. The van der Waals surface area contributed by atoms with E-state index < -0.39 is 11.6 Å². The third-order valence-electron chi connectivity index (χ3n) is 2.85. The summed E-state index contributed by atoms with van der Waals surface area (Å²) in [6, 6.07) is 2.39. The fraction of sp³-hybridized carbons (Fsp3) is 0.273. The van der Waals surface area contributed by atoms with E-state index >= 15 is 0 Å². The van der Waals surface area contributed by atoms with Crippen LogP contribution in [0.1, 0.15) is 18.9 Å². The maximum Gasteiger partial charge on any atom is 0.166 e. The Kier molecular flexibility index (Phi) is 2.10. The van der Waals surface area contributed by atoms with Crippen LogP contribution < -0.4 is 5.73 Å². The quantitative estimate of drug-likeness (QED) is 0.813. The van der Waals surface area contributed by atoms with Gasteiger partial charge in [0.25, 0.3) is 0 Å². The first-order valence-electron chi connectivity index (χ1n) is 5.31. The van der Waals surface area contributed by atoms with Crippen molar-refractivity contribution < 1.29 is 8.78 Å². The molecule has 1 saturated carbocycles. The maximum absolute atomic E-state index is 13.2. The van der Waals surface area contributed by atoms with Gasteiger partial charge in [0.2, 0.25) is 0 Å². The van der Waals surface area contributed by atoms with Crippen molar-refractivity contribution in [2.75, 3.05) is 5.73 Å². The van der Waals surface area contributed by atoms with Gasteiger partial charge in [0.15, 0.2) is 17.5 Å². The predicted octanol–water partition coefficient (Wildman–Crippen LogP) is 2.14. The van der Waals surface area contributed by atoms with E-state index in [0.717, 1.165) is 25.0 Å². The van der Waals surface area contributed by atoms with Crippen LogP contribution in [0.25, 0.3) is 11.4 Å².